The van der Waals surface area contributed by atoms with E-state index in [0.29, 0.717) is 15.5 Å². The highest BCUT2D eigenvalue weighted by Gasteiger charge is 2.17. The largest absolute Gasteiger partial charge is 0.477 e. The number of aldehydes is 1. The maximum Gasteiger partial charge on any atom is 0.349 e. The van der Waals surface area contributed by atoms with Crippen LogP contribution in [0.2, 0.25) is 4.34 Å². The first-order valence-corrected chi connectivity index (χ1v) is 6.43. The third-order valence-electron chi connectivity index (χ3n) is 2.24. The molecular formula is C11H11ClN2O4S. The second kappa shape index (κ2) is 7.01. The number of hydrogen-bond donors (Lipinski definition) is 3. The maximum absolute atomic E-state index is 11.7. The third kappa shape index (κ3) is 4.80. The van der Waals surface area contributed by atoms with Crippen molar-refractivity contribution in [2.75, 3.05) is 6.54 Å². The van der Waals surface area contributed by atoms with E-state index < -0.39 is 17.6 Å². The number of carboxylic acids is 1. The summed E-state index contributed by atoms with van der Waals surface area (Å²) in [5, 5.41) is 18.2. The predicted octanol–water partition coefficient (Wildman–Crippen LogP) is 1.44. The van der Waals surface area contributed by atoms with E-state index in [2.05, 4.69) is 5.32 Å². The van der Waals surface area contributed by atoms with Gasteiger partial charge in [0.25, 0.3) is 5.91 Å². The van der Waals surface area contributed by atoms with Gasteiger partial charge in [0.15, 0.2) is 0 Å². The molecule has 3 N–H and O–H groups in total. The Hall–Kier alpha value is -1.73. The first-order chi connectivity index (χ1) is 8.93. The van der Waals surface area contributed by atoms with E-state index in [9.17, 15) is 14.4 Å². The van der Waals surface area contributed by atoms with Crippen molar-refractivity contribution in [1.29, 1.82) is 5.41 Å². The number of halogens is 1. The fourth-order valence-corrected chi connectivity index (χ4v) is 2.22. The molecule has 0 aliphatic carbocycles. The molecule has 1 aromatic heterocycles. The molecule has 0 aromatic carbocycles. The summed E-state index contributed by atoms with van der Waals surface area (Å²) in [7, 11) is 0. The molecular weight excluding hydrogens is 292 g/mol. The lowest BCUT2D eigenvalue weighted by atomic mass is 10.0. The van der Waals surface area contributed by atoms with Gasteiger partial charge in [-0.15, -0.1) is 11.3 Å². The van der Waals surface area contributed by atoms with Crippen LogP contribution in [0.15, 0.2) is 12.1 Å². The van der Waals surface area contributed by atoms with Crippen molar-refractivity contribution >= 4 is 46.8 Å². The zero-order chi connectivity index (χ0) is 14.4. The van der Waals surface area contributed by atoms with Gasteiger partial charge >= 0.3 is 5.97 Å². The molecule has 6 nitrogen and oxygen atoms in total. The van der Waals surface area contributed by atoms with Crippen LogP contribution < -0.4 is 5.32 Å². The monoisotopic (exact) mass is 302 g/mol. The Morgan fingerprint density at radius 1 is 1.53 bits per heavy atom. The molecule has 1 heterocycles. The number of rotatable bonds is 7. The SMILES string of the molecule is N=C(C[C@@H](C=O)CNC(=O)c1ccc(Cl)s1)C(=O)O. The van der Waals surface area contributed by atoms with Crippen molar-refractivity contribution in [2.24, 2.45) is 5.92 Å². The summed E-state index contributed by atoms with van der Waals surface area (Å²) in [6.45, 7) is -0.0203. The van der Waals surface area contributed by atoms with Gasteiger partial charge in [-0.25, -0.2) is 4.79 Å². The van der Waals surface area contributed by atoms with Crippen LogP contribution in [0, 0.1) is 11.3 Å². The molecule has 0 saturated carbocycles. The van der Waals surface area contributed by atoms with Crippen LogP contribution in [-0.4, -0.2) is 35.5 Å². The summed E-state index contributed by atoms with van der Waals surface area (Å²) < 4.78 is 0.477. The Bertz CT molecular complexity index is 515. The second-order valence-corrected chi connectivity index (χ2v) is 5.41. The minimum Gasteiger partial charge on any atom is -0.477 e. The molecule has 0 unspecified atom stereocenters. The summed E-state index contributed by atoms with van der Waals surface area (Å²) in [6, 6.07) is 3.13. The number of hydrogen-bond acceptors (Lipinski definition) is 5. The molecule has 8 heteroatoms. The highest BCUT2D eigenvalue weighted by molar-refractivity contribution is 7.17. The van der Waals surface area contributed by atoms with E-state index in [4.69, 9.17) is 22.1 Å². The summed E-state index contributed by atoms with van der Waals surface area (Å²) in [5.41, 5.74) is -0.564. The van der Waals surface area contributed by atoms with Crippen LogP contribution >= 0.6 is 22.9 Å². The molecule has 0 bridgehead atoms. The zero-order valence-corrected chi connectivity index (χ0v) is 11.3. The highest BCUT2D eigenvalue weighted by Crippen LogP contribution is 2.21. The molecule has 0 aliphatic heterocycles. The quantitative estimate of drug-likeness (QED) is 0.523. The Kier molecular flexibility index (Phi) is 5.65. The topological polar surface area (TPSA) is 107 Å². The first-order valence-electron chi connectivity index (χ1n) is 5.23. The van der Waals surface area contributed by atoms with Crippen molar-refractivity contribution in [3.05, 3.63) is 21.3 Å². The minimum atomic E-state index is -1.37. The Labute approximate surface area is 117 Å². The lowest BCUT2D eigenvalue weighted by molar-refractivity contribution is -0.129. The van der Waals surface area contributed by atoms with Gasteiger partial charge in [0.05, 0.1) is 9.21 Å². The molecule has 0 spiro atoms. The Balaban J connectivity index is 2.49. The van der Waals surface area contributed by atoms with Crippen LogP contribution in [0.1, 0.15) is 16.1 Å². The summed E-state index contributed by atoms with van der Waals surface area (Å²) >= 11 is 6.79. The third-order valence-corrected chi connectivity index (χ3v) is 3.47. The zero-order valence-electron chi connectivity index (χ0n) is 9.68. The summed E-state index contributed by atoms with van der Waals surface area (Å²) in [6.07, 6.45) is 0.309. The molecule has 0 radical (unpaired) electrons. The van der Waals surface area contributed by atoms with Gasteiger partial charge in [0, 0.05) is 18.9 Å². The standard InChI is InChI=1S/C11H11ClN2O4S/c12-9-2-1-8(19-9)10(16)14-4-6(5-15)3-7(13)11(17)18/h1-2,5-6,13H,3-4H2,(H,14,16)(H,17,18)/t6-/m1/s1. The van der Waals surface area contributed by atoms with Crippen molar-refractivity contribution in [1.82, 2.24) is 5.32 Å². The molecule has 102 valence electrons. The number of carbonyl (C=O) groups is 3. The molecule has 0 fully saturated rings. The number of aliphatic carboxylic acids is 1. The van der Waals surface area contributed by atoms with Crippen LogP contribution in [0.5, 0.6) is 0 Å². The molecule has 1 atom stereocenters. The van der Waals surface area contributed by atoms with E-state index in [0.717, 1.165) is 11.3 Å². The van der Waals surface area contributed by atoms with Gasteiger partial charge in [-0.2, -0.15) is 0 Å². The number of amides is 1. The molecule has 1 rings (SSSR count). The highest BCUT2D eigenvalue weighted by atomic mass is 35.5. The van der Waals surface area contributed by atoms with Crippen molar-refractivity contribution in [2.45, 2.75) is 6.42 Å². The second-order valence-electron chi connectivity index (χ2n) is 3.70. The van der Waals surface area contributed by atoms with Crippen LogP contribution in [0.3, 0.4) is 0 Å². The fourth-order valence-electron chi connectivity index (χ4n) is 1.27. The van der Waals surface area contributed by atoms with Crippen molar-refractivity contribution < 1.29 is 19.5 Å². The smallest absolute Gasteiger partial charge is 0.349 e. The van der Waals surface area contributed by atoms with Crippen molar-refractivity contribution in [3.63, 3.8) is 0 Å². The Morgan fingerprint density at radius 3 is 2.68 bits per heavy atom. The number of carbonyl (C=O) groups excluding carboxylic acids is 2. The van der Waals surface area contributed by atoms with E-state index in [1.54, 1.807) is 12.1 Å². The van der Waals surface area contributed by atoms with Crippen LogP contribution in [-0.2, 0) is 9.59 Å². The summed E-state index contributed by atoms with van der Waals surface area (Å²) in [5.74, 6) is -2.49. The summed E-state index contributed by atoms with van der Waals surface area (Å²) in [4.78, 5) is 33.3. The minimum absolute atomic E-state index is 0.0203. The fraction of sp³-hybridized carbons (Fsp3) is 0.273. The molecule has 1 amide bonds. The predicted molar refractivity (Wildman–Crippen MR) is 71.2 cm³/mol. The molecule has 0 saturated heterocycles. The van der Waals surface area contributed by atoms with Gasteiger partial charge in [-0.3, -0.25) is 10.2 Å². The van der Waals surface area contributed by atoms with E-state index in [1.165, 1.54) is 0 Å². The number of nitrogens with one attached hydrogen (secondary N) is 2. The van der Waals surface area contributed by atoms with E-state index >= 15 is 0 Å². The lowest BCUT2D eigenvalue weighted by Crippen LogP contribution is -2.31. The molecule has 0 aliphatic rings. The van der Waals surface area contributed by atoms with Gasteiger partial charge in [0.1, 0.15) is 12.0 Å². The maximum atomic E-state index is 11.7. The molecule has 1 aromatic rings. The average Bonchev–Trinajstić information content (AvgIpc) is 2.80. The number of carboxylic acid groups (broad SMARTS) is 1. The number of thiophene rings is 1. The normalized spacial score (nSPS) is 11.6. The molecule has 19 heavy (non-hydrogen) atoms. The van der Waals surface area contributed by atoms with Crippen LogP contribution in [0.25, 0.3) is 0 Å². The van der Waals surface area contributed by atoms with Gasteiger partial charge in [-0.1, -0.05) is 11.6 Å². The van der Waals surface area contributed by atoms with Crippen LogP contribution in [0.4, 0.5) is 0 Å². The average molecular weight is 303 g/mol. The Morgan fingerprint density at radius 2 is 2.21 bits per heavy atom. The van der Waals surface area contributed by atoms with Gasteiger partial charge < -0.3 is 15.2 Å². The van der Waals surface area contributed by atoms with E-state index in [-0.39, 0.29) is 18.9 Å². The first kappa shape index (κ1) is 15.3. The lowest BCUT2D eigenvalue weighted by Gasteiger charge is -2.10. The van der Waals surface area contributed by atoms with Crippen molar-refractivity contribution in [3.8, 4) is 0 Å². The van der Waals surface area contributed by atoms with Gasteiger partial charge in [0.2, 0.25) is 0 Å². The van der Waals surface area contributed by atoms with Gasteiger partial charge in [-0.05, 0) is 12.1 Å². The van der Waals surface area contributed by atoms with E-state index in [1.807, 2.05) is 0 Å².